The van der Waals surface area contributed by atoms with E-state index in [1.807, 2.05) is 25.1 Å². The largest absolute Gasteiger partial charge is 0.494 e. The third-order valence-electron chi connectivity index (χ3n) is 5.26. The topological polar surface area (TPSA) is 83.2 Å². The van der Waals surface area contributed by atoms with E-state index < -0.39 is 0 Å². The Balaban J connectivity index is 1.52. The molecular formula is C23H22N4O2. The molecule has 3 N–H and O–H groups in total. The molecule has 0 unspecified atom stereocenters. The first-order valence-corrected chi connectivity index (χ1v) is 9.78. The first-order valence-electron chi connectivity index (χ1n) is 9.78. The average molecular weight is 386 g/mol. The fourth-order valence-electron chi connectivity index (χ4n) is 3.60. The molecule has 146 valence electrons. The lowest BCUT2D eigenvalue weighted by molar-refractivity contribution is 0.377. The minimum Gasteiger partial charge on any atom is -0.494 e. The highest BCUT2D eigenvalue weighted by Crippen LogP contribution is 2.32. The van der Waals surface area contributed by atoms with Crippen molar-refractivity contribution >= 4 is 16.7 Å². The van der Waals surface area contributed by atoms with Gasteiger partial charge in [0.1, 0.15) is 11.6 Å². The molecule has 0 aliphatic heterocycles. The van der Waals surface area contributed by atoms with E-state index in [4.69, 9.17) is 0 Å². The minimum absolute atomic E-state index is 0.0434. The number of aryl methyl sites for hydroxylation is 1. The number of fused-ring (bicyclic) bond motifs is 1. The molecule has 2 aromatic carbocycles. The summed E-state index contributed by atoms with van der Waals surface area (Å²) in [5.74, 6) is 1.75. The molecule has 1 aliphatic rings. The molecule has 1 fully saturated rings. The molecule has 5 rings (SSSR count). The van der Waals surface area contributed by atoms with Crippen LogP contribution in [0.3, 0.4) is 0 Å². The molecule has 2 aromatic heterocycles. The lowest BCUT2D eigenvalue weighted by Gasteiger charge is -2.12. The number of hydrogen-bond acceptors (Lipinski definition) is 5. The number of nitrogens with zero attached hydrogens (tertiary/aromatic N) is 3. The smallest absolute Gasteiger partial charge is 0.194 e. The fraction of sp³-hybridized carbons (Fsp3) is 0.217. The summed E-state index contributed by atoms with van der Waals surface area (Å²) in [4.78, 5) is 9.20. The van der Waals surface area contributed by atoms with Gasteiger partial charge in [0, 0.05) is 23.6 Å². The van der Waals surface area contributed by atoms with Crippen molar-refractivity contribution in [3.05, 3.63) is 66.0 Å². The zero-order chi connectivity index (χ0) is 20.0. The number of hydrogen-bond donors (Lipinski definition) is 3. The molecule has 0 saturated heterocycles. The van der Waals surface area contributed by atoms with Gasteiger partial charge in [-0.25, -0.2) is 9.97 Å². The van der Waals surface area contributed by atoms with Crippen LogP contribution in [0.2, 0.25) is 0 Å². The number of anilines is 1. The summed E-state index contributed by atoms with van der Waals surface area (Å²) >= 11 is 0. The predicted molar refractivity (Wildman–Crippen MR) is 113 cm³/mol. The van der Waals surface area contributed by atoms with E-state index in [2.05, 4.69) is 39.6 Å². The van der Waals surface area contributed by atoms with Crippen LogP contribution in [0.4, 0.5) is 5.82 Å². The van der Waals surface area contributed by atoms with Crippen LogP contribution in [0.25, 0.3) is 22.0 Å². The van der Waals surface area contributed by atoms with E-state index in [0.29, 0.717) is 12.6 Å². The van der Waals surface area contributed by atoms with E-state index in [-0.39, 0.29) is 11.8 Å². The van der Waals surface area contributed by atoms with Crippen LogP contribution in [-0.2, 0) is 6.54 Å². The Labute approximate surface area is 168 Å². The molecule has 0 radical (unpaired) electrons. The van der Waals surface area contributed by atoms with Crippen molar-refractivity contribution in [2.45, 2.75) is 32.4 Å². The number of rotatable bonds is 5. The summed E-state index contributed by atoms with van der Waals surface area (Å²) in [7, 11) is 0. The molecule has 4 aromatic rings. The van der Waals surface area contributed by atoms with Gasteiger partial charge in [0.05, 0.1) is 12.1 Å². The quantitative estimate of drug-likeness (QED) is 0.472. The second-order valence-electron chi connectivity index (χ2n) is 7.61. The Morgan fingerprint density at radius 1 is 0.966 bits per heavy atom. The summed E-state index contributed by atoms with van der Waals surface area (Å²) < 4.78 is 1.47. The van der Waals surface area contributed by atoms with Crippen molar-refractivity contribution in [2.24, 2.45) is 0 Å². The Hall–Kier alpha value is -3.54. The summed E-state index contributed by atoms with van der Waals surface area (Å²) in [6, 6.07) is 17.8. The van der Waals surface area contributed by atoms with Gasteiger partial charge < -0.3 is 15.5 Å². The van der Waals surface area contributed by atoms with Crippen molar-refractivity contribution < 1.29 is 10.2 Å². The first kappa shape index (κ1) is 17.6. The van der Waals surface area contributed by atoms with Crippen LogP contribution in [-0.4, -0.2) is 30.8 Å². The van der Waals surface area contributed by atoms with Crippen molar-refractivity contribution in [3.63, 3.8) is 0 Å². The van der Waals surface area contributed by atoms with E-state index in [1.54, 1.807) is 0 Å². The summed E-state index contributed by atoms with van der Waals surface area (Å²) in [5.41, 5.74) is 4.06. The molecule has 0 spiro atoms. The molecule has 0 atom stereocenters. The number of nitrogens with one attached hydrogen (secondary N) is 1. The zero-order valence-electron chi connectivity index (χ0n) is 16.1. The minimum atomic E-state index is 0.0434. The van der Waals surface area contributed by atoms with E-state index in [0.717, 1.165) is 39.2 Å². The van der Waals surface area contributed by atoms with Gasteiger partial charge in [0.15, 0.2) is 11.8 Å². The monoisotopic (exact) mass is 386 g/mol. The lowest BCUT2D eigenvalue weighted by atomic mass is 10.0. The van der Waals surface area contributed by atoms with Gasteiger partial charge in [0.25, 0.3) is 0 Å². The first-order chi connectivity index (χ1) is 14.1. The van der Waals surface area contributed by atoms with Gasteiger partial charge in [-0.15, -0.1) is 0 Å². The second kappa shape index (κ2) is 6.81. The fourth-order valence-corrected chi connectivity index (χ4v) is 3.60. The van der Waals surface area contributed by atoms with Gasteiger partial charge in [-0.2, -0.15) is 0 Å². The Morgan fingerprint density at radius 3 is 2.48 bits per heavy atom. The number of benzene rings is 2. The zero-order valence-corrected chi connectivity index (χ0v) is 16.1. The standard InChI is InChI=1S/C23H22N4O2/c1-14-24-20-8-5-17(12-19(20)23(25-14)26-18-6-7-18)16-4-2-3-15(11-16)13-27-21(28)9-10-22(27)29/h2-5,8-12,18,28-29H,6-7,13H2,1H3,(H,24,25,26). The molecule has 2 heterocycles. The number of aromatic hydroxyl groups is 2. The molecular weight excluding hydrogens is 364 g/mol. The summed E-state index contributed by atoms with van der Waals surface area (Å²) in [5, 5.41) is 24.4. The highest BCUT2D eigenvalue weighted by Gasteiger charge is 2.22. The average Bonchev–Trinajstić information content (AvgIpc) is 3.48. The molecule has 1 saturated carbocycles. The Kier molecular flexibility index (Phi) is 4.12. The second-order valence-corrected chi connectivity index (χ2v) is 7.61. The predicted octanol–water partition coefficient (Wildman–Crippen LogP) is 4.44. The van der Waals surface area contributed by atoms with Gasteiger partial charge in [-0.1, -0.05) is 24.3 Å². The van der Waals surface area contributed by atoms with Crippen molar-refractivity contribution in [1.29, 1.82) is 0 Å². The van der Waals surface area contributed by atoms with Gasteiger partial charge in [-0.3, -0.25) is 4.57 Å². The van der Waals surface area contributed by atoms with E-state index in [1.165, 1.54) is 29.5 Å². The molecule has 1 aliphatic carbocycles. The third kappa shape index (κ3) is 3.49. The number of aromatic nitrogens is 3. The van der Waals surface area contributed by atoms with Gasteiger partial charge in [-0.05, 0) is 54.7 Å². The molecule has 0 amide bonds. The van der Waals surface area contributed by atoms with Crippen molar-refractivity contribution in [3.8, 4) is 22.9 Å². The molecule has 6 nitrogen and oxygen atoms in total. The molecule has 29 heavy (non-hydrogen) atoms. The van der Waals surface area contributed by atoms with E-state index >= 15 is 0 Å². The highest BCUT2D eigenvalue weighted by atomic mass is 16.3. The third-order valence-corrected chi connectivity index (χ3v) is 5.26. The maximum atomic E-state index is 9.91. The van der Waals surface area contributed by atoms with Crippen molar-refractivity contribution in [2.75, 3.05) is 5.32 Å². The molecule has 0 bridgehead atoms. The SMILES string of the molecule is Cc1nc(NC2CC2)c2cc(-c3cccc(Cn4c(O)ccc4O)c3)ccc2n1. The Morgan fingerprint density at radius 2 is 1.72 bits per heavy atom. The van der Waals surface area contributed by atoms with Crippen LogP contribution in [0.1, 0.15) is 24.2 Å². The van der Waals surface area contributed by atoms with Gasteiger partial charge >= 0.3 is 0 Å². The van der Waals surface area contributed by atoms with E-state index in [9.17, 15) is 10.2 Å². The van der Waals surface area contributed by atoms with Crippen LogP contribution < -0.4 is 5.32 Å². The normalized spacial score (nSPS) is 13.7. The maximum Gasteiger partial charge on any atom is 0.194 e. The van der Waals surface area contributed by atoms with Crippen LogP contribution in [0.15, 0.2) is 54.6 Å². The molecule has 6 heteroatoms. The Bertz CT molecular complexity index is 1190. The van der Waals surface area contributed by atoms with Crippen molar-refractivity contribution in [1.82, 2.24) is 14.5 Å². The van der Waals surface area contributed by atoms with Crippen LogP contribution in [0.5, 0.6) is 11.8 Å². The van der Waals surface area contributed by atoms with Gasteiger partial charge in [0.2, 0.25) is 0 Å². The van der Waals surface area contributed by atoms with Crippen LogP contribution in [0, 0.1) is 6.92 Å². The highest BCUT2D eigenvalue weighted by molar-refractivity contribution is 5.93. The summed E-state index contributed by atoms with van der Waals surface area (Å²) in [6.07, 6.45) is 2.37. The lowest BCUT2D eigenvalue weighted by Crippen LogP contribution is -2.05. The van der Waals surface area contributed by atoms with Crippen LogP contribution >= 0.6 is 0 Å². The maximum absolute atomic E-state index is 9.91. The summed E-state index contributed by atoms with van der Waals surface area (Å²) in [6.45, 7) is 2.31.